The molecule has 0 aliphatic carbocycles. The van der Waals surface area contributed by atoms with E-state index in [2.05, 4.69) is 27.8 Å². The van der Waals surface area contributed by atoms with Crippen LogP contribution >= 0.6 is 15.9 Å². The van der Waals surface area contributed by atoms with Gasteiger partial charge in [0.2, 0.25) is 0 Å². The second-order valence-electron chi connectivity index (χ2n) is 2.13. The van der Waals surface area contributed by atoms with Gasteiger partial charge >= 0.3 is 0 Å². The molecule has 0 spiro atoms. The van der Waals surface area contributed by atoms with E-state index >= 15 is 0 Å². The summed E-state index contributed by atoms with van der Waals surface area (Å²) in [6, 6.07) is 4.73. The minimum atomic E-state index is -0.328. The van der Waals surface area contributed by atoms with Gasteiger partial charge < -0.3 is 5.73 Å². The number of nitrogens with two attached hydrogens (primary N) is 1. The first-order valence-corrected chi connectivity index (χ1v) is 4.17. The predicted molar refractivity (Wildman–Crippen MR) is 50.0 cm³/mol. The smallest absolute Gasteiger partial charge is 0.139 e. The first-order chi connectivity index (χ1) is 5.74. The Balaban J connectivity index is 3.01. The third kappa shape index (κ3) is 2.33. The van der Waals surface area contributed by atoms with E-state index in [1.165, 1.54) is 6.07 Å². The van der Waals surface area contributed by atoms with Crippen molar-refractivity contribution in [2.45, 2.75) is 0 Å². The molecule has 0 radical (unpaired) electrons. The largest absolute Gasteiger partial charge is 0.320 e. The fourth-order valence-corrected chi connectivity index (χ4v) is 1.07. The van der Waals surface area contributed by atoms with E-state index < -0.39 is 0 Å². The van der Waals surface area contributed by atoms with Gasteiger partial charge in [-0.1, -0.05) is 27.8 Å². The van der Waals surface area contributed by atoms with E-state index in [4.69, 9.17) is 5.73 Å². The van der Waals surface area contributed by atoms with Crippen LogP contribution in [0.25, 0.3) is 0 Å². The van der Waals surface area contributed by atoms with Crippen molar-refractivity contribution in [3.8, 4) is 11.8 Å². The van der Waals surface area contributed by atoms with Crippen LogP contribution in [-0.2, 0) is 0 Å². The summed E-state index contributed by atoms with van der Waals surface area (Å²) in [5.74, 6) is 4.89. The fraction of sp³-hybridized carbons (Fsp3) is 0.111. The van der Waals surface area contributed by atoms with E-state index in [1.807, 2.05) is 0 Å². The van der Waals surface area contributed by atoms with Crippen molar-refractivity contribution in [3.63, 3.8) is 0 Å². The summed E-state index contributed by atoms with van der Waals surface area (Å²) in [5, 5.41) is 0. The fourth-order valence-electron chi connectivity index (χ4n) is 0.737. The van der Waals surface area contributed by atoms with Gasteiger partial charge in [-0.15, -0.1) is 0 Å². The minimum Gasteiger partial charge on any atom is -0.320 e. The zero-order valence-electron chi connectivity index (χ0n) is 6.27. The second-order valence-corrected chi connectivity index (χ2v) is 3.05. The van der Waals surface area contributed by atoms with Crippen LogP contribution in [0.3, 0.4) is 0 Å². The predicted octanol–water partition coefficient (Wildman–Crippen LogP) is 1.90. The van der Waals surface area contributed by atoms with Gasteiger partial charge in [0, 0.05) is 4.47 Å². The van der Waals surface area contributed by atoms with Crippen LogP contribution in [0.4, 0.5) is 4.39 Å². The molecular weight excluding hydrogens is 221 g/mol. The third-order valence-electron chi connectivity index (χ3n) is 1.26. The van der Waals surface area contributed by atoms with Gasteiger partial charge in [0.1, 0.15) is 5.82 Å². The zero-order valence-corrected chi connectivity index (χ0v) is 7.86. The Morgan fingerprint density at radius 2 is 2.25 bits per heavy atom. The average Bonchev–Trinajstić information content (AvgIpc) is 2.03. The Morgan fingerprint density at radius 3 is 2.83 bits per heavy atom. The van der Waals surface area contributed by atoms with E-state index in [0.717, 1.165) is 0 Å². The van der Waals surface area contributed by atoms with Crippen LogP contribution in [0.5, 0.6) is 0 Å². The van der Waals surface area contributed by atoms with E-state index in [0.29, 0.717) is 10.0 Å². The summed E-state index contributed by atoms with van der Waals surface area (Å²) in [6.45, 7) is 0.246. The Hall–Kier alpha value is -0.850. The molecule has 0 aliphatic rings. The van der Waals surface area contributed by atoms with Gasteiger partial charge in [-0.05, 0) is 18.2 Å². The molecule has 1 aromatic carbocycles. The van der Waals surface area contributed by atoms with Crippen LogP contribution in [0.2, 0.25) is 0 Å². The number of hydrogen-bond acceptors (Lipinski definition) is 1. The highest BCUT2D eigenvalue weighted by molar-refractivity contribution is 9.10. The first kappa shape index (κ1) is 9.24. The molecule has 2 N–H and O–H groups in total. The van der Waals surface area contributed by atoms with Crippen molar-refractivity contribution in [2.24, 2.45) is 5.73 Å². The Labute approximate surface area is 78.9 Å². The molecule has 0 heterocycles. The Morgan fingerprint density at radius 1 is 1.50 bits per heavy atom. The molecule has 3 heteroatoms. The maximum atomic E-state index is 13.0. The summed E-state index contributed by atoms with van der Waals surface area (Å²) < 4.78 is 13.7. The van der Waals surface area contributed by atoms with Gasteiger partial charge in [-0.2, -0.15) is 0 Å². The van der Waals surface area contributed by atoms with Crippen molar-refractivity contribution in [3.05, 3.63) is 34.1 Å². The molecule has 1 aromatic rings. The monoisotopic (exact) mass is 227 g/mol. The first-order valence-electron chi connectivity index (χ1n) is 3.38. The Kier molecular flexibility index (Phi) is 3.27. The molecule has 0 aliphatic heterocycles. The van der Waals surface area contributed by atoms with E-state index in [-0.39, 0.29) is 12.4 Å². The minimum absolute atomic E-state index is 0.246. The maximum absolute atomic E-state index is 13.0. The van der Waals surface area contributed by atoms with Crippen LogP contribution in [-0.4, -0.2) is 6.54 Å². The van der Waals surface area contributed by atoms with Gasteiger partial charge in [-0.3, -0.25) is 0 Å². The topological polar surface area (TPSA) is 26.0 Å². The standard InChI is InChI=1S/C9H7BrFN/c10-8-4-3-7(2-1-5-12)9(11)6-8/h3-4,6H,5,12H2. The lowest BCUT2D eigenvalue weighted by Crippen LogP contribution is -1.93. The SMILES string of the molecule is NCC#Cc1ccc(Br)cc1F. The molecule has 0 atom stereocenters. The van der Waals surface area contributed by atoms with Gasteiger partial charge in [0.15, 0.2) is 0 Å². The molecular formula is C9H7BrFN. The van der Waals surface area contributed by atoms with Gasteiger partial charge in [0.25, 0.3) is 0 Å². The lowest BCUT2D eigenvalue weighted by Gasteiger charge is -1.93. The average molecular weight is 228 g/mol. The molecule has 0 saturated carbocycles. The van der Waals surface area contributed by atoms with Crippen molar-refractivity contribution in [1.29, 1.82) is 0 Å². The Bertz CT molecular complexity index is 338. The second kappa shape index (κ2) is 4.24. The number of rotatable bonds is 0. The number of halogens is 2. The van der Waals surface area contributed by atoms with Crippen LogP contribution < -0.4 is 5.73 Å². The summed E-state index contributed by atoms with van der Waals surface area (Å²) >= 11 is 3.15. The molecule has 0 fully saturated rings. The lowest BCUT2D eigenvalue weighted by molar-refractivity contribution is 0.623. The molecule has 0 amide bonds. The van der Waals surface area contributed by atoms with Crippen molar-refractivity contribution >= 4 is 15.9 Å². The summed E-state index contributed by atoms with van der Waals surface area (Å²) in [6.07, 6.45) is 0. The molecule has 62 valence electrons. The molecule has 1 rings (SSSR count). The number of hydrogen-bond donors (Lipinski definition) is 1. The quantitative estimate of drug-likeness (QED) is 0.674. The highest BCUT2D eigenvalue weighted by Crippen LogP contribution is 2.13. The molecule has 1 nitrogen and oxygen atoms in total. The van der Waals surface area contributed by atoms with E-state index in [9.17, 15) is 4.39 Å². The third-order valence-corrected chi connectivity index (χ3v) is 1.75. The van der Waals surface area contributed by atoms with Gasteiger partial charge in [0.05, 0.1) is 12.1 Å². The summed E-state index contributed by atoms with van der Waals surface area (Å²) in [5.41, 5.74) is 5.53. The molecule has 0 saturated heterocycles. The van der Waals surface area contributed by atoms with Crippen molar-refractivity contribution in [1.82, 2.24) is 0 Å². The van der Waals surface area contributed by atoms with Crippen molar-refractivity contribution in [2.75, 3.05) is 6.54 Å². The van der Waals surface area contributed by atoms with Crippen molar-refractivity contribution < 1.29 is 4.39 Å². The molecule has 12 heavy (non-hydrogen) atoms. The van der Waals surface area contributed by atoms with E-state index in [1.54, 1.807) is 12.1 Å². The highest BCUT2D eigenvalue weighted by atomic mass is 79.9. The lowest BCUT2D eigenvalue weighted by atomic mass is 10.2. The summed E-state index contributed by atoms with van der Waals surface area (Å²) in [4.78, 5) is 0. The zero-order chi connectivity index (χ0) is 8.97. The summed E-state index contributed by atoms with van der Waals surface area (Å²) in [7, 11) is 0. The normalized spacial score (nSPS) is 8.92. The van der Waals surface area contributed by atoms with Gasteiger partial charge in [-0.25, -0.2) is 4.39 Å². The molecule has 0 unspecified atom stereocenters. The molecule has 0 bridgehead atoms. The highest BCUT2D eigenvalue weighted by Gasteiger charge is 1.97. The maximum Gasteiger partial charge on any atom is 0.139 e. The van der Waals surface area contributed by atoms with Crippen LogP contribution in [0.1, 0.15) is 5.56 Å². The van der Waals surface area contributed by atoms with Crippen LogP contribution in [0, 0.1) is 17.7 Å². The van der Waals surface area contributed by atoms with Crippen LogP contribution in [0.15, 0.2) is 22.7 Å². The number of benzene rings is 1. The molecule has 0 aromatic heterocycles.